The summed E-state index contributed by atoms with van der Waals surface area (Å²) in [4.78, 5) is 28.9. The Labute approximate surface area is 247 Å². The minimum Gasteiger partial charge on any atom is -0.489 e. The molecule has 0 spiro atoms. The summed E-state index contributed by atoms with van der Waals surface area (Å²) in [6.45, 7) is 13.3. The SMILES string of the molecule is Cc1cc([C@@H](C)Nc2ccccc2C(=O)OC(C)(C)C)c2oc(-c3ccc(OC4CCN(C)C4)cc3)c(C)c(=O)c2c1. The summed E-state index contributed by atoms with van der Waals surface area (Å²) in [5.41, 5.74) is 4.08. The topological polar surface area (TPSA) is 81.0 Å². The molecule has 1 saturated heterocycles. The van der Waals surface area contributed by atoms with E-state index in [4.69, 9.17) is 13.9 Å². The van der Waals surface area contributed by atoms with Crippen LogP contribution in [-0.4, -0.2) is 42.7 Å². The third-order valence-corrected chi connectivity index (χ3v) is 7.54. The van der Waals surface area contributed by atoms with Crippen molar-refractivity contribution in [3.8, 4) is 17.1 Å². The lowest BCUT2D eigenvalue weighted by molar-refractivity contribution is 0.00706. The summed E-state index contributed by atoms with van der Waals surface area (Å²) in [5, 5.41) is 4.00. The van der Waals surface area contributed by atoms with E-state index in [2.05, 4.69) is 17.3 Å². The zero-order valence-electron chi connectivity index (χ0n) is 25.5. The molecule has 0 amide bonds. The molecule has 3 aromatic carbocycles. The van der Waals surface area contributed by atoms with Crippen LogP contribution in [0.5, 0.6) is 5.75 Å². The number of para-hydroxylation sites is 1. The van der Waals surface area contributed by atoms with Gasteiger partial charge in [-0.15, -0.1) is 0 Å². The molecule has 1 aliphatic heterocycles. The number of rotatable bonds is 7. The molecule has 0 radical (unpaired) electrons. The summed E-state index contributed by atoms with van der Waals surface area (Å²) in [7, 11) is 2.10. The molecule has 1 fully saturated rings. The third kappa shape index (κ3) is 6.36. The number of hydrogen-bond donors (Lipinski definition) is 1. The van der Waals surface area contributed by atoms with Crippen LogP contribution in [0, 0.1) is 13.8 Å². The quantitative estimate of drug-likeness (QED) is 0.235. The van der Waals surface area contributed by atoms with Gasteiger partial charge in [-0.3, -0.25) is 4.79 Å². The molecule has 0 saturated carbocycles. The highest BCUT2D eigenvalue weighted by atomic mass is 16.6. The molecular formula is C35H40N2O5. The number of carbonyl (C=O) groups is 1. The lowest BCUT2D eigenvalue weighted by atomic mass is 9.98. The molecule has 1 unspecified atom stereocenters. The van der Waals surface area contributed by atoms with Gasteiger partial charge in [-0.05, 0) is 103 Å². The Balaban J connectivity index is 1.49. The number of benzene rings is 3. The predicted octanol–water partition coefficient (Wildman–Crippen LogP) is 7.29. The monoisotopic (exact) mass is 568 g/mol. The molecule has 220 valence electrons. The highest BCUT2D eigenvalue weighted by Crippen LogP contribution is 2.34. The first kappa shape index (κ1) is 29.4. The van der Waals surface area contributed by atoms with Crippen molar-refractivity contribution in [3.63, 3.8) is 0 Å². The first-order valence-corrected chi connectivity index (χ1v) is 14.5. The normalized spacial score (nSPS) is 16.4. The van der Waals surface area contributed by atoms with Gasteiger partial charge in [0.25, 0.3) is 0 Å². The summed E-state index contributed by atoms with van der Waals surface area (Å²) < 4.78 is 18.4. The maximum atomic E-state index is 13.6. The van der Waals surface area contributed by atoms with E-state index in [0.29, 0.717) is 33.5 Å². The Kier molecular flexibility index (Phi) is 8.15. The average Bonchev–Trinajstić information content (AvgIpc) is 3.34. The second-order valence-corrected chi connectivity index (χ2v) is 12.3. The van der Waals surface area contributed by atoms with Crippen LogP contribution in [0.15, 0.2) is 69.9 Å². The minimum atomic E-state index is -0.613. The third-order valence-electron chi connectivity index (χ3n) is 7.54. The van der Waals surface area contributed by atoms with Crippen molar-refractivity contribution in [3.05, 3.63) is 93.1 Å². The van der Waals surface area contributed by atoms with E-state index < -0.39 is 11.6 Å². The molecule has 0 bridgehead atoms. The van der Waals surface area contributed by atoms with E-state index in [1.54, 1.807) is 13.0 Å². The van der Waals surface area contributed by atoms with E-state index in [1.165, 1.54) is 0 Å². The molecule has 1 aliphatic rings. The first-order chi connectivity index (χ1) is 19.9. The van der Waals surface area contributed by atoms with E-state index in [-0.39, 0.29) is 17.6 Å². The molecule has 2 heterocycles. The average molecular weight is 569 g/mol. The maximum Gasteiger partial charge on any atom is 0.340 e. The van der Waals surface area contributed by atoms with Crippen LogP contribution in [0.2, 0.25) is 0 Å². The smallest absolute Gasteiger partial charge is 0.340 e. The highest BCUT2D eigenvalue weighted by Gasteiger charge is 2.24. The van der Waals surface area contributed by atoms with Gasteiger partial charge in [-0.25, -0.2) is 4.79 Å². The van der Waals surface area contributed by atoms with E-state index in [0.717, 1.165) is 42.0 Å². The molecule has 0 aliphatic carbocycles. The number of anilines is 1. The minimum absolute atomic E-state index is 0.0631. The van der Waals surface area contributed by atoms with Gasteiger partial charge in [0.2, 0.25) is 0 Å². The van der Waals surface area contributed by atoms with Crippen molar-refractivity contribution in [2.75, 3.05) is 25.5 Å². The molecule has 7 heteroatoms. The molecule has 1 aromatic heterocycles. The van der Waals surface area contributed by atoms with Crippen molar-refractivity contribution in [2.45, 2.75) is 65.7 Å². The number of hydrogen-bond acceptors (Lipinski definition) is 7. The Morgan fingerprint density at radius 3 is 2.45 bits per heavy atom. The second-order valence-electron chi connectivity index (χ2n) is 12.3. The molecule has 5 rings (SSSR count). The number of ether oxygens (including phenoxy) is 2. The molecular weight excluding hydrogens is 528 g/mol. The fourth-order valence-electron chi connectivity index (χ4n) is 5.46. The summed E-state index contributed by atoms with van der Waals surface area (Å²) in [6, 6.07) is 18.7. The van der Waals surface area contributed by atoms with E-state index in [9.17, 15) is 9.59 Å². The summed E-state index contributed by atoms with van der Waals surface area (Å²) in [5.74, 6) is 0.937. The zero-order valence-corrected chi connectivity index (χ0v) is 25.5. The number of carbonyl (C=O) groups excluding carboxylic acids is 1. The van der Waals surface area contributed by atoms with Crippen LogP contribution in [0.3, 0.4) is 0 Å². The van der Waals surface area contributed by atoms with Crippen molar-refractivity contribution >= 4 is 22.6 Å². The summed E-state index contributed by atoms with van der Waals surface area (Å²) in [6.07, 6.45) is 1.19. The largest absolute Gasteiger partial charge is 0.489 e. The van der Waals surface area contributed by atoms with Crippen molar-refractivity contribution in [1.29, 1.82) is 0 Å². The van der Waals surface area contributed by atoms with Crippen LogP contribution >= 0.6 is 0 Å². The van der Waals surface area contributed by atoms with Crippen LogP contribution in [0.25, 0.3) is 22.3 Å². The van der Waals surface area contributed by atoms with E-state index in [1.807, 2.05) is 89.2 Å². The van der Waals surface area contributed by atoms with Gasteiger partial charge in [0.1, 0.15) is 28.8 Å². The highest BCUT2D eigenvalue weighted by molar-refractivity contribution is 5.96. The van der Waals surface area contributed by atoms with Gasteiger partial charge in [0.05, 0.1) is 17.0 Å². The fourth-order valence-corrected chi connectivity index (χ4v) is 5.46. The van der Waals surface area contributed by atoms with Gasteiger partial charge in [0.15, 0.2) is 5.43 Å². The summed E-state index contributed by atoms with van der Waals surface area (Å²) >= 11 is 0. The fraction of sp³-hybridized carbons (Fsp3) is 0.371. The lowest BCUT2D eigenvalue weighted by Gasteiger charge is -2.23. The molecule has 4 aromatic rings. The van der Waals surface area contributed by atoms with Gasteiger partial charge in [-0.1, -0.05) is 18.2 Å². The van der Waals surface area contributed by atoms with Crippen molar-refractivity contribution in [2.24, 2.45) is 0 Å². The van der Waals surface area contributed by atoms with Crippen molar-refractivity contribution in [1.82, 2.24) is 4.90 Å². The lowest BCUT2D eigenvalue weighted by Crippen LogP contribution is -2.24. The molecule has 7 nitrogen and oxygen atoms in total. The Hall–Kier alpha value is -4.10. The Morgan fingerprint density at radius 1 is 1.07 bits per heavy atom. The van der Waals surface area contributed by atoms with Gasteiger partial charge >= 0.3 is 5.97 Å². The van der Waals surface area contributed by atoms with Gasteiger partial charge in [0, 0.05) is 35.5 Å². The number of nitrogens with zero attached hydrogens (tertiary/aromatic N) is 1. The van der Waals surface area contributed by atoms with Crippen LogP contribution in [0.1, 0.15) is 67.2 Å². The maximum absolute atomic E-state index is 13.6. The number of likely N-dealkylation sites (N-methyl/N-ethyl adjacent to an activating group) is 1. The number of esters is 1. The van der Waals surface area contributed by atoms with Gasteiger partial charge < -0.3 is 24.1 Å². The van der Waals surface area contributed by atoms with Crippen LogP contribution in [0.4, 0.5) is 5.69 Å². The number of aryl methyl sites for hydroxylation is 1. The Bertz CT molecular complexity index is 1670. The number of likely N-dealkylation sites (tertiary alicyclic amines) is 1. The molecule has 2 atom stereocenters. The number of fused-ring (bicyclic) bond motifs is 1. The zero-order chi connectivity index (χ0) is 30.2. The predicted molar refractivity (Wildman–Crippen MR) is 168 cm³/mol. The Morgan fingerprint density at radius 2 is 1.79 bits per heavy atom. The molecule has 1 N–H and O–H groups in total. The number of nitrogens with one attached hydrogen (secondary N) is 1. The van der Waals surface area contributed by atoms with Gasteiger partial charge in [-0.2, -0.15) is 0 Å². The van der Waals surface area contributed by atoms with Crippen molar-refractivity contribution < 1.29 is 18.7 Å². The standard InChI is InChI=1S/C35H40N2O5/c1-21-18-28(23(3)36-30-11-9-8-10-27(30)34(39)42-35(4,5)6)33-29(19-21)31(38)22(2)32(41-33)24-12-14-25(15-13-24)40-26-16-17-37(7)20-26/h8-15,18-19,23,26,36H,16-17,20H2,1-7H3/t23-,26?/m1/s1. The molecule has 42 heavy (non-hydrogen) atoms. The second kappa shape index (κ2) is 11.6. The van der Waals surface area contributed by atoms with E-state index >= 15 is 0 Å². The first-order valence-electron chi connectivity index (χ1n) is 14.5. The van der Waals surface area contributed by atoms with Crippen LogP contribution in [-0.2, 0) is 4.74 Å². The van der Waals surface area contributed by atoms with Crippen LogP contribution < -0.4 is 15.5 Å².